The van der Waals surface area contributed by atoms with Crippen LogP contribution in [0.1, 0.15) is 43.7 Å². The number of rotatable bonds is 11. The van der Waals surface area contributed by atoms with Crippen molar-refractivity contribution in [3.05, 3.63) is 59.7 Å². The average Bonchev–Trinajstić information content (AvgIpc) is 3.14. The number of carboxylic acids is 1. The molecule has 2 atom stereocenters. The van der Waals surface area contributed by atoms with Crippen LogP contribution in [0.4, 0.5) is 4.79 Å². The summed E-state index contributed by atoms with van der Waals surface area (Å²) in [6.07, 6.45) is -0.629. The molecule has 1 aliphatic carbocycles. The van der Waals surface area contributed by atoms with Gasteiger partial charge in [0.2, 0.25) is 5.91 Å². The summed E-state index contributed by atoms with van der Waals surface area (Å²) in [7, 11) is 1.51. The van der Waals surface area contributed by atoms with E-state index >= 15 is 0 Å². The van der Waals surface area contributed by atoms with Crippen LogP contribution < -0.4 is 5.32 Å². The number of carboxylic acid groups (broad SMARTS) is 1. The molecule has 3 rings (SSSR count). The van der Waals surface area contributed by atoms with Crippen molar-refractivity contribution in [1.82, 2.24) is 10.2 Å². The van der Waals surface area contributed by atoms with E-state index < -0.39 is 24.1 Å². The zero-order valence-electron chi connectivity index (χ0n) is 19.8. The third-order valence-corrected chi connectivity index (χ3v) is 6.17. The van der Waals surface area contributed by atoms with Crippen LogP contribution in [0.2, 0.25) is 0 Å². The third-order valence-electron chi connectivity index (χ3n) is 6.17. The smallest absolute Gasteiger partial charge is 0.407 e. The summed E-state index contributed by atoms with van der Waals surface area (Å²) >= 11 is 0. The van der Waals surface area contributed by atoms with Crippen LogP contribution in [-0.2, 0) is 19.1 Å². The van der Waals surface area contributed by atoms with Gasteiger partial charge in [0.05, 0.1) is 6.42 Å². The van der Waals surface area contributed by atoms with Gasteiger partial charge in [-0.15, -0.1) is 0 Å². The van der Waals surface area contributed by atoms with E-state index in [0.29, 0.717) is 6.54 Å². The Morgan fingerprint density at radius 1 is 1.06 bits per heavy atom. The Morgan fingerprint density at radius 2 is 1.65 bits per heavy atom. The van der Waals surface area contributed by atoms with Crippen LogP contribution in [-0.4, -0.2) is 66.9 Å². The van der Waals surface area contributed by atoms with Gasteiger partial charge < -0.3 is 24.8 Å². The van der Waals surface area contributed by atoms with Crippen LogP contribution >= 0.6 is 0 Å². The highest BCUT2D eigenvalue weighted by Gasteiger charge is 2.31. The summed E-state index contributed by atoms with van der Waals surface area (Å²) in [5, 5.41) is 11.8. The van der Waals surface area contributed by atoms with Gasteiger partial charge >= 0.3 is 12.1 Å². The number of fused-ring (bicyclic) bond motifs is 3. The van der Waals surface area contributed by atoms with E-state index in [1.54, 1.807) is 13.8 Å². The Morgan fingerprint density at radius 3 is 2.18 bits per heavy atom. The molecule has 0 radical (unpaired) electrons. The monoisotopic (exact) mass is 468 g/mol. The number of carbonyl (C=O) groups excluding carboxylic acids is 2. The maximum Gasteiger partial charge on any atom is 0.407 e. The number of nitrogens with one attached hydrogen (secondary N) is 1. The lowest BCUT2D eigenvalue weighted by atomic mass is 9.98. The zero-order valence-corrected chi connectivity index (χ0v) is 19.8. The van der Waals surface area contributed by atoms with Gasteiger partial charge in [-0.2, -0.15) is 0 Å². The second-order valence-electron chi connectivity index (χ2n) is 8.38. The fraction of sp³-hybridized carbons (Fsp3) is 0.423. The first-order chi connectivity index (χ1) is 16.4. The molecule has 8 heteroatoms. The van der Waals surface area contributed by atoms with E-state index in [9.17, 15) is 14.4 Å². The number of likely N-dealkylation sites (N-methyl/N-ethyl adjacent to an activating group) is 1. The number of carbonyl (C=O) groups is 3. The SMILES string of the molecule is CCN(C(=O)C(CCOC)NC(=O)OCC1c2ccccc2-c2ccccc21)C(C)CC(=O)O. The highest BCUT2D eigenvalue weighted by Crippen LogP contribution is 2.44. The molecule has 0 bridgehead atoms. The highest BCUT2D eigenvalue weighted by atomic mass is 16.5. The highest BCUT2D eigenvalue weighted by molar-refractivity contribution is 5.86. The molecule has 8 nitrogen and oxygen atoms in total. The minimum Gasteiger partial charge on any atom is -0.481 e. The van der Waals surface area contributed by atoms with E-state index in [1.807, 2.05) is 36.4 Å². The van der Waals surface area contributed by atoms with Gasteiger partial charge in [0, 0.05) is 38.6 Å². The van der Waals surface area contributed by atoms with Crippen molar-refractivity contribution in [3.63, 3.8) is 0 Å². The Kier molecular flexibility index (Phi) is 8.65. The van der Waals surface area contributed by atoms with Crippen LogP contribution in [0.15, 0.2) is 48.5 Å². The molecule has 2 aromatic carbocycles. The lowest BCUT2D eigenvalue weighted by Gasteiger charge is -2.31. The summed E-state index contributed by atoms with van der Waals surface area (Å²) in [4.78, 5) is 38.4. The molecule has 2 amide bonds. The molecule has 182 valence electrons. The molecule has 0 aliphatic heterocycles. The van der Waals surface area contributed by atoms with Gasteiger partial charge in [-0.05, 0) is 36.1 Å². The summed E-state index contributed by atoms with van der Waals surface area (Å²) < 4.78 is 10.7. The molecule has 34 heavy (non-hydrogen) atoms. The maximum atomic E-state index is 13.1. The summed E-state index contributed by atoms with van der Waals surface area (Å²) in [5.41, 5.74) is 4.46. The van der Waals surface area contributed by atoms with Gasteiger partial charge in [-0.25, -0.2) is 4.79 Å². The average molecular weight is 469 g/mol. The quantitative estimate of drug-likeness (QED) is 0.522. The van der Waals surface area contributed by atoms with Gasteiger partial charge in [0.15, 0.2) is 0 Å². The molecular weight excluding hydrogens is 436 g/mol. The van der Waals surface area contributed by atoms with Crippen molar-refractivity contribution in [3.8, 4) is 11.1 Å². The Labute approximate surface area is 199 Å². The first kappa shape index (κ1) is 25.2. The molecule has 0 spiro atoms. The lowest BCUT2D eigenvalue weighted by molar-refractivity contribution is -0.141. The van der Waals surface area contributed by atoms with Crippen LogP contribution in [0.25, 0.3) is 11.1 Å². The number of aliphatic carboxylic acids is 1. The molecule has 0 aromatic heterocycles. The zero-order chi connectivity index (χ0) is 24.7. The first-order valence-electron chi connectivity index (χ1n) is 11.5. The summed E-state index contributed by atoms with van der Waals surface area (Å²) in [6.45, 7) is 4.17. The number of alkyl carbamates (subject to hydrolysis) is 1. The van der Waals surface area contributed by atoms with Gasteiger partial charge in [0.25, 0.3) is 0 Å². The molecule has 0 fully saturated rings. The molecule has 0 saturated heterocycles. The molecule has 0 saturated carbocycles. The number of amides is 2. The fourth-order valence-electron chi connectivity index (χ4n) is 4.52. The predicted octanol–water partition coefficient (Wildman–Crippen LogP) is 3.64. The first-order valence-corrected chi connectivity index (χ1v) is 11.5. The molecule has 2 aromatic rings. The van der Waals surface area contributed by atoms with Crippen molar-refractivity contribution >= 4 is 18.0 Å². The number of hydrogen-bond donors (Lipinski definition) is 2. The topological polar surface area (TPSA) is 105 Å². The minimum atomic E-state index is -0.989. The van der Waals surface area contributed by atoms with Crippen LogP contribution in [0.5, 0.6) is 0 Å². The molecule has 0 heterocycles. The van der Waals surface area contributed by atoms with Gasteiger partial charge in [-0.3, -0.25) is 9.59 Å². The van der Waals surface area contributed by atoms with E-state index in [1.165, 1.54) is 12.0 Å². The van der Waals surface area contributed by atoms with E-state index in [2.05, 4.69) is 17.4 Å². The van der Waals surface area contributed by atoms with Crippen LogP contribution in [0.3, 0.4) is 0 Å². The number of methoxy groups -OCH3 is 1. The van der Waals surface area contributed by atoms with Crippen molar-refractivity contribution in [2.24, 2.45) is 0 Å². The Bertz CT molecular complexity index is 978. The molecule has 2 N–H and O–H groups in total. The minimum absolute atomic E-state index is 0.0889. The Balaban J connectivity index is 1.68. The van der Waals surface area contributed by atoms with E-state index in [4.69, 9.17) is 14.6 Å². The number of nitrogens with zero attached hydrogens (tertiary/aromatic N) is 1. The standard InChI is InChI=1S/C26H32N2O6/c1-4-28(17(2)15-24(29)30)25(31)23(13-14-33-3)27-26(32)34-16-22-20-11-7-5-9-18(20)19-10-6-8-12-21(19)22/h5-12,17,22-23H,4,13-16H2,1-3H3,(H,27,32)(H,29,30). The van der Waals surface area contributed by atoms with Gasteiger partial charge in [-0.1, -0.05) is 48.5 Å². The fourth-order valence-corrected chi connectivity index (χ4v) is 4.52. The van der Waals surface area contributed by atoms with Crippen molar-refractivity contribution in [2.45, 2.75) is 44.7 Å². The van der Waals surface area contributed by atoms with Crippen molar-refractivity contribution < 1.29 is 29.0 Å². The summed E-state index contributed by atoms with van der Waals surface area (Å²) in [5.74, 6) is -1.44. The van der Waals surface area contributed by atoms with Gasteiger partial charge in [0.1, 0.15) is 12.6 Å². The Hall–Kier alpha value is -3.39. The largest absolute Gasteiger partial charge is 0.481 e. The number of ether oxygens (including phenoxy) is 2. The second kappa shape index (κ2) is 11.7. The van der Waals surface area contributed by atoms with Crippen molar-refractivity contribution in [1.29, 1.82) is 0 Å². The third kappa shape index (κ3) is 5.75. The number of benzene rings is 2. The molecule has 2 unspecified atom stereocenters. The predicted molar refractivity (Wildman–Crippen MR) is 128 cm³/mol. The lowest BCUT2D eigenvalue weighted by Crippen LogP contribution is -2.52. The maximum absolute atomic E-state index is 13.1. The molecular formula is C26H32N2O6. The number of hydrogen-bond acceptors (Lipinski definition) is 5. The van der Waals surface area contributed by atoms with E-state index in [0.717, 1.165) is 22.3 Å². The van der Waals surface area contributed by atoms with Crippen molar-refractivity contribution in [2.75, 3.05) is 26.9 Å². The normalized spacial score (nSPS) is 14.0. The van der Waals surface area contributed by atoms with E-state index in [-0.39, 0.29) is 37.9 Å². The van der Waals surface area contributed by atoms with Crippen LogP contribution in [0, 0.1) is 0 Å². The summed E-state index contributed by atoms with van der Waals surface area (Å²) in [6, 6.07) is 14.7. The second-order valence-corrected chi connectivity index (χ2v) is 8.38. The molecule has 1 aliphatic rings.